The summed E-state index contributed by atoms with van der Waals surface area (Å²) in [7, 11) is 5.29. The number of rotatable bonds is 7. The Balaban J connectivity index is 1.47. The van der Waals surface area contributed by atoms with Crippen LogP contribution in [0.15, 0.2) is 59.1 Å². The quantitative estimate of drug-likeness (QED) is 0.393. The van der Waals surface area contributed by atoms with Crippen LogP contribution in [0.5, 0.6) is 11.5 Å². The van der Waals surface area contributed by atoms with Crippen molar-refractivity contribution in [3.05, 3.63) is 59.6 Å². The minimum Gasteiger partial charge on any atom is -0.497 e. The van der Waals surface area contributed by atoms with Gasteiger partial charge >= 0.3 is 0 Å². The molecule has 4 aromatic rings. The zero-order chi connectivity index (χ0) is 20.2. The summed E-state index contributed by atoms with van der Waals surface area (Å²) in [5, 5.41) is 12.6. The molecule has 2 aromatic heterocycles. The van der Waals surface area contributed by atoms with Gasteiger partial charge in [0.1, 0.15) is 16.5 Å². The van der Waals surface area contributed by atoms with Gasteiger partial charge < -0.3 is 14.0 Å². The van der Waals surface area contributed by atoms with Crippen molar-refractivity contribution in [2.24, 2.45) is 7.05 Å². The highest BCUT2D eigenvalue weighted by molar-refractivity contribution is 7.98. The summed E-state index contributed by atoms with van der Waals surface area (Å²) in [6, 6.07) is 15.8. The average Bonchev–Trinajstić information content (AvgIpc) is 3.39. The molecule has 148 valence electrons. The third kappa shape index (κ3) is 4.13. The molecule has 0 saturated heterocycles. The van der Waals surface area contributed by atoms with Crippen LogP contribution in [0.25, 0.3) is 22.0 Å². The first-order valence-electron chi connectivity index (χ1n) is 8.94. The fourth-order valence-corrected chi connectivity index (χ4v) is 4.62. The van der Waals surface area contributed by atoms with Crippen LogP contribution in [0.2, 0.25) is 0 Å². The van der Waals surface area contributed by atoms with Gasteiger partial charge in [0.15, 0.2) is 11.0 Å². The second kappa shape index (κ2) is 8.67. The smallest absolute Gasteiger partial charge is 0.191 e. The Kier molecular flexibility index (Phi) is 5.82. The fraction of sp³-hybridized carbons (Fsp3) is 0.190. The number of benzene rings is 2. The molecule has 0 amide bonds. The first kappa shape index (κ1) is 19.5. The van der Waals surface area contributed by atoms with Crippen molar-refractivity contribution in [1.82, 2.24) is 19.7 Å². The zero-order valence-corrected chi connectivity index (χ0v) is 18.0. The summed E-state index contributed by atoms with van der Waals surface area (Å²) >= 11 is 3.25. The van der Waals surface area contributed by atoms with Crippen molar-refractivity contribution in [3.63, 3.8) is 0 Å². The lowest BCUT2D eigenvalue weighted by Crippen LogP contribution is -1.97. The number of ether oxygens (including phenoxy) is 2. The maximum absolute atomic E-state index is 5.45. The molecule has 2 aromatic carbocycles. The number of hydrogen-bond donors (Lipinski definition) is 0. The molecule has 2 heterocycles. The van der Waals surface area contributed by atoms with Gasteiger partial charge in [-0.15, -0.1) is 21.5 Å². The van der Waals surface area contributed by atoms with Crippen LogP contribution in [0, 0.1) is 0 Å². The van der Waals surface area contributed by atoms with Gasteiger partial charge in [-0.1, -0.05) is 23.9 Å². The number of para-hydroxylation sites is 1. The Morgan fingerprint density at radius 2 is 1.79 bits per heavy atom. The molecule has 0 radical (unpaired) electrons. The van der Waals surface area contributed by atoms with E-state index >= 15 is 0 Å². The van der Waals surface area contributed by atoms with Crippen molar-refractivity contribution in [1.29, 1.82) is 0 Å². The number of hydrogen-bond acceptors (Lipinski definition) is 7. The Morgan fingerprint density at radius 3 is 2.55 bits per heavy atom. The molecule has 0 fully saturated rings. The normalized spacial score (nSPS) is 10.9. The lowest BCUT2D eigenvalue weighted by molar-refractivity contribution is 0.415. The summed E-state index contributed by atoms with van der Waals surface area (Å²) in [6.07, 6.45) is 0. The van der Waals surface area contributed by atoms with Gasteiger partial charge in [0.05, 0.1) is 25.5 Å². The van der Waals surface area contributed by atoms with Crippen LogP contribution in [0.4, 0.5) is 0 Å². The number of thiazole rings is 1. The third-order valence-corrected chi connectivity index (χ3v) is 6.41. The Bertz CT molecular complexity index is 1110. The third-order valence-electron chi connectivity index (χ3n) is 4.42. The molecule has 0 aliphatic heterocycles. The Labute approximate surface area is 177 Å². The molecular formula is C21H20N4O2S2. The highest BCUT2D eigenvalue weighted by atomic mass is 32.2. The predicted molar refractivity (Wildman–Crippen MR) is 117 cm³/mol. The second-order valence-corrected chi connectivity index (χ2v) is 8.03. The molecule has 8 heteroatoms. The van der Waals surface area contributed by atoms with E-state index in [0.29, 0.717) is 0 Å². The molecular weight excluding hydrogens is 404 g/mol. The van der Waals surface area contributed by atoms with E-state index in [1.165, 1.54) is 0 Å². The minimum atomic E-state index is 0.727. The van der Waals surface area contributed by atoms with Crippen LogP contribution < -0.4 is 9.47 Å². The molecule has 0 bridgehead atoms. The lowest BCUT2D eigenvalue weighted by Gasteiger charge is -2.07. The predicted octanol–water partition coefficient (Wildman–Crippen LogP) is 4.92. The van der Waals surface area contributed by atoms with Crippen LogP contribution in [-0.2, 0) is 12.8 Å². The van der Waals surface area contributed by atoms with E-state index in [9.17, 15) is 0 Å². The van der Waals surface area contributed by atoms with Crippen molar-refractivity contribution < 1.29 is 9.47 Å². The van der Waals surface area contributed by atoms with E-state index in [0.717, 1.165) is 50.1 Å². The number of thioether (sulfide) groups is 1. The second-order valence-electron chi connectivity index (χ2n) is 6.23. The summed E-state index contributed by atoms with van der Waals surface area (Å²) in [6.45, 7) is 0. The maximum atomic E-state index is 5.45. The highest BCUT2D eigenvalue weighted by Gasteiger charge is 2.15. The Morgan fingerprint density at radius 1 is 1.00 bits per heavy atom. The van der Waals surface area contributed by atoms with E-state index in [4.69, 9.17) is 14.5 Å². The van der Waals surface area contributed by atoms with Crippen LogP contribution >= 0.6 is 23.1 Å². The van der Waals surface area contributed by atoms with Gasteiger partial charge in [0.2, 0.25) is 0 Å². The summed E-state index contributed by atoms with van der Waals surface area (Å²) in [4.78, 5) is 4.75. The zero-order valence-electron chi connectivity index (χ0n) is 16.3. The number of methoxy groups -OCH3 is 2. The number of aromatic nitrogens is 4. The van der Waals surface area contributed by atoms with Gasteiger partial charge in [-0.25, -0.2) is 4.98 Å². The van der Waals surface area contributed by atoms with Crippen molar-refractivity contribution >= 4 is 23.1 Å². The molecule has 4 rings (SSSR count). The molecule has 0 saturated carbocycles. The van der Waals surface area contributed by atoms with Crippen molar-refractivity contribution in [2.45, 2.75) is 10.9 Å². The largest absolute Gasteiger partial charge is 0.497 e. The SMILES string of the molecule is COc1ccc(-c2nc(CSc3nnc(-c4ccccc4OC)n3C)cs2)cc1. The standard InChI is InChI=1S/C21H20N4O2S2/c1-25-19(17-6-4-5-7-18(17)27-3)23-24-21(25)29-13-15-12-28-20(22-15)14-8-10-16(26-2)11-9-14/h4-12H,13H2,1-3H3. The van der Waals surface area contributed by atoms with Crippen molar-refractivity contribution in [2.75, 3.05) is 14.2 Å². The van der Waals surface area contributed by atoms with Crippen LogP contribution in [-0.4, -0.2) is 34.0 Å². The van der Waals surface area contributed by atoms with Gasteiger partial charge in [-0.05, 0) is 36.4 Å². The first-order valence-corrected chi connectivity index (χ1v) is 10.8. The maximum Gasteiger partial charge on any atom is 0.191 e. The fourth-order valence-electron chi connectivity index (χ4n) is 2.88. The van der Waals surface area contributed by atoms with Gasteiger partial charge in [-0.3, -0.25) is 0 Å². The number of nitrogens with zero attached hydrogens (tertiary/aromatic N) is 4. The summed E-state index contributed by atoms with van der Waals surface area (Å²) in [5.74, 6) is 3.13. The Hall–Kier alpha value is -2.84. The highest BCUT2D eigenvalue weighted by Crippen LogP contribution is 2.32. The molecule has 0 atom stereocenters. The van der Waals surface area contributed by atoms with E-state index in [1.54, 1.807) is 37.3 Å². The monoisotopic (exact) mass is 424 g/mol. The molecule has 0 aliphatic rings. The summed E-state index contributed by atoms with van der Waals surface area (Å²) in [5.41, 5.74) is 3.03. The molecule has 0 unspecified atom stereocenters. The van der Waals surface area contributed by atoms with E-state index < -0.39 is 0 Å². The van der Waals surface area contributed by atoms with E-state index in [1.807, 2.05) is 60.1 Å². The van der Waals surface area contributed by atoms with Gasteiger partial charge in [0.25, 0.3) is 0 Å². The molecule has 29 heavy (non-hydrogen) atoms. The van der Waals surface area contributed by atoms with Gasteiger partial charge in [-0.2, -0.15) is 0 Å². The molecule has 0 spiro atoms. The van der Waals surface area contributed by atoms with Gasteiger partial charge in [0, 0.05) is 23.7 Å². The topological polar surface area (TPSA) is 62.1 Å². The lowest BCUT2D eigenvalue weighted by atomic mass is 10.2. The minimum absolute atomic E-state index is 0.727. The van der Waals surface area contributed by atoms with Crippen LogP contribution in [0.3, 0.4) is 0 Å². The van der Waals surface area contributed by atoms with Crippen LogP contribution in [0.1, 0.15) is 5.69 Å². The first-order chi connectivity index (χ1) is 14.2. The molecule has 0 aliphatic carbocycles. The molecule has 6 nitrogen and oxygen atoms in total. The van der Waals surface area contributed by atoms with Crippen molar-refractivity contribution in [3.8, 4) is 33.5 Å². The summed E-state index contributed by atoms with van der Waals surface area (Å²) < 4.78 is 12.6. The molecule has 0 N–H and O–H groups in total. The average molecular weight is 425 g/mol. The van der Waals surface area contributed by atoms with E-state index in [-0.39, 0.29) is 0 Å². The van der Waals surface area contributed by atoms with E-state index in [2.05, 4.69) is 15.6 Å².